The maximum Gasteiger partial charge on any atom is 0.264 e. The summed E-state index contributed by atoms with van der Waals surface area (Å²) in [6.45, 7) is 3.64. The molecule has 0 saturated carbocycles. The molecule has 1 unspecified atom stereocenters. The predicted octanol–water partition coefficient (Wildman–Crippen LogP) is 3.28. The van der Waals surface area contributed by atoms with Gasteiger partial charge in [-0.05, 0) is 25.1 Å². The fourth-order valence-corrected chi connectivity index (χ4v) is 4.49. The molecule has 136 valence electrons. The van der Waals surface area contributed by atoms with Crippen LogP contribution in [0.4, 0.5) is 5.69 Å². The summed E-state index contributed by atoms with van der Waals surface area (Å²) >= 11 is 0. The molecule has 0 spiro atoms. The van der Waals surface area contributed by atoms with Gasteiger partial charge >= 0.3 is 0 Å². The van der Waals surface area contributed by atoms with Crippen molar-refractivity contribution < 1.29 is 13.2 Å². The Labute approximate surface area is 154 Å². The molecule has 0 fully saturated rings. The number of likely N-dealkylation sites (N-methyl/N-ethyl adjacent to an activating group) is 1. The van der Waals surface area contributed by atoms with Gasteiger partial charge in [0.2, 0.25) is 5.91 Å². The number of hydrogen-bond acceptors (Lipinski definition) is 3. The van der Waals surface area contributed by atoms with Crippen LogP contribution in [-0.4, -0.2) is 32.8 Å². The van der Waals surface area contributed by atoms with Gasteiger partial charge in [-0.3, -0.25) is 9.10 Å². The third-order valence-corrected chi connectivity index (χ3v) is 6.43. The number of carbonyl (C=O) groups excluding carboxylic acids is 1. The van der Waals surface area contributed by atoms with Gasteiger partial charge in [0.15, 0.2) is 0 Å². The summed E-state index contributed by atoms with van der Waals surface area (Å²) in [5, 5.41) is 0. The number of nitrogens with zero attached hydrogens (tertiary/aromatic N) is 2. The van der Waals surface area contributed by atoms with Crippen LogP contribution in [-0.2, 0) is 14.8 Å². The lowest BCUT2D eigenvalue weighted by molar-refractivity contribution is -0.128. The molecule has 0 radical (unpaired) electrons. The van der Waals surface area contributed by atoms with E-state index in [2.05, 4.69) is 0 Å². The highest BCUT2D eigenvalue weighted by Gasteiger charge is 2.30. The summed E-state index contributed by atoms with van der Waals surface area (Å²) in [6, 6.07) is 13.9. The fraction of sp³-hybridized carbons (Fsp3) is 0.250. The zero-order valence-corrected chi connectivity index (χ0v) is 15.9. The molecule has 6 heteroatoms. The third kappa shape index (κ3) is 3.24. The Morgan fingerprint density at radius 3 is 2.42 bits per heavy atom. The molecule has 0 aromatic heterocycles. The van der Waals surface area contributed by atoms with Crippen molar-refractivity contribution in [2.45, 2.75) is 24.8 Å². The zero-order valence-electron chi connectivity index (χ0n) is 15.1. The van der Waals surface area contributed by atoms with E-state index in [1.165, 1.54) is 11.2 Å². The number of hydrogen-bond donors (Lipinski definition) is 0. The Bertz CT molecular complexity index is 949. The van der Waals surface area contributed by atoms with Crippen LogP contribution in [0.1, 0.15) is 24.1 Å². The van der Waals surface area contributed by atoms with Crippen LogP contribution in [0.15, 0.2) is 65.6 Å². The number of aryl methyl sites for hydroxylation is 1. The number of sulfonamides is 1. The molecule has 2 aromatic carbocycles. The minimum absolute atomic E-state index is 0.0794. The second-order valence-electron chi connectivity index (χ2n) is 6.41. The molecule has 1 atom stereocenters. The van der Waals surface area contributed by atoms with E-state index in [4.69, 9.17) is 0 Å². The van der Waals surface area contributed by atoms with Gasteiger partial charge in [0.1, 0.15) is 0 Å². The predicted molar refractivity (Wildman–Crippen MR) is 102 cm³/mol. The largest absolute Gasteiger partial charge is 0.335 e. The van der Waals surface area contributed by atoms with E-state index < -0.39 is 10.0 Å². The number of rotatable bonds is 3. The van der Waals surface area contributed by atoms with Crippen LogP contribution in [0.5, 0.6) is 0 Å². The lowest BCUT2D eigenvalue weighted by Gasteiger charge is -2.28. The van der Waals surface area contributed by atoms with E-state index in [1.807, 2.05) is 31.2 Å². The van der Waals surface area contributed by atoms with Crippen molar-refractivity contribution in [3.63, 3.8) is 0 Å². The molecule has 5 nitrogen and oxygen atoms in total. The lowest BCUT2D eigenvalue weighted by Crippen LogP contribution is -2.32. The molecule has 3 rings (SSSR count). The van der Waals surface area contributed by atoms with Crippen molar-refractivity contribution in [1.29, 1.82) is 0 Å². The SMILES string of the molecule is CC(=O)N(C)C1C=CCN(S(=O)(=O)c2ccc(C)cc2)c2ccccc21. The first kappa shape index (κ1) is 18.2. The van der Waals surface area contributed by atoms with Gasteiger partial charge in [-0.1, -0.05) is 48.0 Å². The molecule has 0 aliphatic carbocycles. The van der Waals surface area contributed by atoms with E-state index in [9.17, 15) is 13.2 Å². The number of carbonyl (C=O) groups is 1. The van der Waals surface area contributed by atoms with E-state index in [0.717, 1.165) is 11.1 Å². The number of anilines is 1. The van der Waals surface area contributed by atoms with Gasteiger partial charge in [-0.15, -0.1) is 0 Å². The highest BCUT2D eigenvalue weighted by Crippen LogP contribution is 2.35. The summed E-state index contributed by atoms with van der Waals surface area (Å²) in [5.74, 6) is -0.0794. The maximum atomic E-state index is 13.2. The van der Waals surface area contributed by atoms with Gasteiger partial charge in [0.05, 0.1) is 23.2 Å². The minimum atomic E-state index is -3.71. The first-order valence-electron chi connectivity index (χ1n) is 8.41. The highest BCUT2D eigenvalue weighted by molar-refractivity contribution is 7.92. The van der Waals surface area contributed by atoms with Gasteiger partial charge in [-0.25, -0.2) is 8.42 Å². The van der Waals surface area contributed by atoms with Crippen molar-refractivity contribution in [3.05, 3.63) is 71.8 Å². The summed E-state index contributed by atoms with van der Waals surface area (Å²) in [5.41, 5.74) is 2.38. The van der Waals surface area contributed by atoms with E-state index >= 15 is 0 Å². The van der Waals surface area contributed by atoms with Crippen LogP contribution in [0.2, 0.25) is 0 Å². The van der Waals surface area contributed by atoms with Crippen molar-refractivity contribution >= 4 is 21.6 Å². The number of amides is 1. The van der Waals surface area contributed by atoms with E-state index in [1.54, 1.807) is 48.4 Å². The molecule has 1 heterocycles. The van der Waals surface area contributed by atoms with Crippen molar-refractivity contribution in [1.82, 2.24) is 4.90 Å². The molecule has 1 aliphatic heterocycles. The van der Waals surface area contributed by atoms with E-state index in [0.29, 0.717) is 5.69 Å². The van der Waals surface area contributed by atoms with Crippen molar-refractivity contribution in [2.24, 2.45) is 0 Å². The number of para-hydroxylation sites is 1. The van der Waals surface area contributed by atoms with Gasteiger partial charge < -0.3 is 4.90 Å². The Morgan fingerprint density at radius 1 is 1.12 bits per heavy atom. The topological polar surface area (TPSA) is 57.7 Å². The molecule has 0 N–H and O–H groups in total. The normalized spacial score (nSPS) is 16.7. The highest BCUT2D eigenvalue weighted by atomic mass is 32.2. The van der Waals surface area contributed by atoms with E-state index in [-0.39, 0.29) is 23.4 Å². The first-order chi connectivity index (χ1) is 12.3. The summed E-state index contributed by atoms with van der Waals surface area (Å²) in [4.78, 5) is 13.7. The second kappa shape index (κ2) is 6.96. The first-order valence-corrected chi connectivity index (χ1v) is 9.85. The van der Waals surface area contributed by atoms with Crippen molar-refractivity contribution in [3.8, 4) is 0 Å². The second-order valence-corrected chi connectivity index (χ2v) is 8.27. The fourth-order valence-electron chi connectivity index (χ4n) is 3.05. The molecular formula is C20H22N2O3S. The monoisotopic (exact) mass is 370 g/mol. The molecule has 1 amide bonds. The molecule has 0 saturated heterocycles. The number of fused-ring (bicyclic) bond motifs is 1. The van der Waals surface area contributed by atoms with Crippen LogP contribution in [0, 0.1) is 6.92 Å². The minimum Gasteiger partial charge on any atom is -0.335 e. The summed E-state index contributed by atoms with van der Waals surface area (Å²) < 4.78 is 27.9. The molecule has 1 aliphatic rings. The van der Waals surface area contributed by atoms with Crippen LogP contribution in [0.25, 0.3) is 0 Å². The number of benzene rings is 2. The molecular weight excluding hydrogens is 348 g/mol. The van der Waals surface area contributed by atoms with Gasteiger partial charge in [0, 0.05) is 19.5 Å². The van der Waals surface area contributed by atoms with Crippen LogP contribution >= 0.6 is 0 Å². The standard InChI is InChI=1S/C20H22N2O3S/c1-15-10-12-17(13-11-15)26(24,25)22-14-6-9-19(21(3)16(2)23)18-7-4-5-8-20(18)22/h4-13,19H,14H2,1-3H3. The molecule has 2 aromatic rings. The summed E-state index contributed by atoms with van der Waals surface area (Å²) in [6.07, 6.45) is 3.68. The Kier molecular flexibility index (Phi) is 4.87. The zero-order chi connectivity index (χ0) is 18.9. The Hall–Kier alpha value is -2.60. The van der Waals surface area contributed by atoms with Gasteiger partial charge in [0.25, 0.3) is 10.0 Å². The third-order valence-electron chi connectivity index (χ3n) is 4.64. The average molecular weight is 370 g/mol. The quantitative estimate of drug-likeness (QED) is 0.779. The average Bonchev–Trinajstić information content (AvgIpc) is 2.81. The molecule has 26 heavy (non-hydrogen) atoms. The lowest BCUT2D eigenvalue weighted by atomic mass is 10.0. The Morgan fingerprint density at radius 2 is 1.77 bits per heavy atom. The smallest absolute Gasteiger partial charge is 0.264 e. The van der Waals surface area contributed by atoms with Crippen LogP contribution in [0.3, 0.4) is 0 Å². The van der Waals surface area contributed by atoms with Crippen LogP contribution < -0.4 is 4.31 Å². The summed E-state index contributed by atoms with van der Waals surface area (Å²) in [7, 11) is -1.99. The Balaban J connectivity index is 2.11. The van der Waals surface area contributed by atoms with Crippen molar-refractivity contribution in [2.75, 3.05) is 17.9 Å². The molecule has 0 bridgehead atoms. The van der Waals surface area contributed by atoms with Gasteiger partial charge in [-0.2, -0.15) is 0 Å². The maximum absolute atomic E-state index is 13.2.